The number of nitrogens with zero attached hydrogens (tertiary/aromatic N) is 2. The van der Waals surface area contributed by atoms with Gasteiger partial charge in [0, 0.05) is 62.5 Å². The standard InChI is InChI=1S/C21H31N5O2S.HI/c1-22-20(23-13-16-12-19(27)25-18-5-3-2-4-17(16)18)24-14-21(6-11-29-15-21)26-7-9-28-10-8-26;/h2-5,16H,6-15H2,1H3,(H,25,27)(H2,22,23,24);1H. The van der Waals surface area contributed by atoms with Gasteiger partial charge in [-0.15, -0.1) is 24.0 Å². The number of hydrogen-bond donors (Lipinski definition) is 3. The van der Waals surface area contributed by atoms with Crippen LogP contribution in [0.25, 0.3) is 0 Å². The van der Waals surface area contributed by atoms with E-state index in [4.69, 9.17) is 4.74 Å². The second kappa shape index (κ2) is 11.0. The number of carbonyl (C=O) groups excluding carboxylic acids is 1. The van der Waals surface area contributed by atoms with Gasteiger partial charge in [0.05, 0.1) is 13.2 Å². The van der Waals surface area contributed by atoms with Crippen LogP contribution < -0.4 is 16.0 Å². The number of fused-ring (bicyclic) bond motifs is 1. The molecule has 3 N–H and O–H groups in total. The summed E-state index contributed by atoms with van der Waals surface area (Å²) >= 11 is 2.04. The molecule has 0 spiro atoms. The molecule has 2 fully saturated rings. The summed E-state index contributed by atoms with van der Waals surface area (Å²) in [7, 11) is 1.81. The Bertz CT molecular complexity index is 751. The van der Waals surface area contributed by atoms with Gasteiger partial charge in [-0.3, -0.25) is 14.7 Å². The average Bonchev–Trinajstić information content (AvgIpc) is 3.24. The van der Waals surface area contributed by atoms with Gasteiger partial charge < -0.3 is 20.7 Å². The van der Waals surface area contributed by atoms with Crippen molar-refractivity contribution in [1.29, 1.82) is 0 Å². The summed E-state index contributed by atoms with van der Waals surface area (Å²) in [5.41, 5.74) is 2.28. The molecule has 2 atom stereocenters. The Morgan fingerprint density at radius 3 is 2.87 bits per heavy atom. The van der Waals surface area contributed by atoms with Crippen molar-refractivity contribution < 1.29 is 9.53 Å². The monoisotopic (exact) mass is 545 g/mol. The normalized spacial score (nSPS) is 27.0. The lowest BCUT2D eigenvalue weighted by molar-refractivity contribution is -0.116. The second-order valence-electron chi connectivity index (χ2n) is 7.97. The minimum absolute atomic E-state index is 0. The fourth-order valence-electron chi connectivity index (χ4n) is 4.51. The highest BCUT2D eigenvalue weighted by Gasteiger charge is 2.40. The molecule has 1 amide bonds. The largest absolute Gasteiger partial charge is 0.379 e. The molecule has 4 rings (SSSR count). The molecule has 0 aromatic heterocycles. The maximum absolute atomic E-state index is 12.1. The lowest BCUT2D eigenvalue weighted by Crippen LogP contribution is -2.60. The Morgan fingerprint density at radius 2 is 2.13 bits per heavy atom. The molecule has 2 unspecified atom stereocenters. The highest BCUT2D eigenvalue weighted by atomic mass is 127. The van der Waals surface area contributed by atoms with Crippen molar-refractivity contribution in [1.82, 2.24) is 15.5 Å². The highest BCUT2D eigenvalue weighted by molar-refractivity contribution is 14.0. The third-order valence-electron chi connectivity index (χ3n) is 6.20. The van der Waals surface area contributed by atoms with Crippen LogP contribution >= 0.6 is 35.7 Å². The number of benzene rings is 1. The maximum Gasteiger partial charge on any atom is 0.225 e. The fourth-order valence-corrected chi connectivity index (χ4v) is 5.99. The van der Waals surface area contributed by atoms with Crippen molar-refractivity contribution in [2.24, 2.45) is 4.99 Å². The molecular weight excluding hydrogens is 513 g/mol. The molecule has 3 aliphatic heterocycles. The number of anilines is 1. The van der Waals surface area contributed by atoms with Crippen molar-refractivity contribution in [2.75, 3.05) is 63.3 Å². The van der Waals surface area contributed by atoms with Gasteiger partial charge in [0.15, 0.2) is 5.96 Å². The van der Waals surface area contributed by atoms with Crippen LogP contribution in [0, 0.1) is 0 Å². The van der Waals surface area contributed by atoms with Crippen LogP contribution in [0.2, 0.25) is 0 Å². The van der Waals surface area contributed by atoms with E-state index in [1.54, 1.807) is 0 Å². The van der Waals surface area contributed by atoms with Gasteiger partial charge >= 0.3 is 0 Å². The first-order valence-corrected chi connectivity index (χ1v) is 11.6. The molecule has 3 aliphatic rings. The first-order valence-electron chi connectivity index (χ1n) is 10.4. The van der Waals surface area contributed by atoms with E-state index in [1.165, 1.54) is 17.7 Å². The molecule has 30 heavy (non-hydrogen) atoms. The summed E-state index contributed by atoms with van der Waals surface area (Å²) in [6.45, 7) is 5.21. The lowest BCUT2D eigenvalue weighted by Gasteiger charge is -2.43. The van der Waals surface area contributed by atoms with Gasteiger partial charge in [-0.05, 0) is 23.8 Å². The zero-order valence-electron chi connectivity index (χ0n) is 17.5. The second-order valence-corrected chi connectivity index (χ2v) is 9.07. The van der Waals surface area contributed by atoms with Gasteiger partial charge in [-0.1, -0.05) is 18.2 Å². The van der Waals surface area contributed by atoms with Gasteiger partial charge in [0.25, 0.3) is 0 Å². The predicted molar refractivity (Wildman–Crippen MR) is 134 cm³/mol. The number of aliphatic imine (C=N–C) groups is 1. The van der Waals surface area contributed by atoms with Crippen LogP contribution in [-0.2, 0) is 9.53 Å². The Labute approximate surface area is 200 Å². The Hall–Kier alpha value is -1.04. The van der Waals surface area contributed by atoms with Crippen molar-refractivity contribution in [3.63, 3.8) is 0 Å². The van der Waals surface area contributed by atoms with Crippen LogP contribution in [0.1, 0.15) is 24.3 Å². The summed E-state index contributed by atoms with van der Waals surface area (Å²) < 4.78 is 5.56. The number of rotatable bonds is 5. The maximum atomic E-state index is 12.1. The first-order chi connectivity index (χ1) is 14.2. The molecule has 2 saturated heterocycles. The number of thioether (sulfide) groups is 1. The van der Waals surface area contributed by atoms with Gasteiger partial charge in [0.2, 0.25) is 5.91 Å². The first kappa shape index (κ1) is 23.6. The highest BCUT2D eigenvalue weighted by Crippen LogP contribution is 2.34. The van der Waals surface area contributed by atoms with E-state index < -0.39 is 0 Å². The SMILES string of the molecule is CN=C(NCC1CC(=O)Nc2ccccc21)NCC1(N2CCOCC2)CCSC1.I. The zero-order chi connectivity index (χ0) is 20.1. The third-order valence-corrected chi connectivity index (χ3v) is 7.43. The van der Waals surface area contributed by atoms with E-state index in [9.17, 15) is 4.79 Å². The number of halogens is 1. The summed E-state index contributed by atoms with van der Waals surface area (Å²) in [5, 5.41) is 9.98. The van der Waals surface area contributed by atoms with Crippen molar-refractivity contribution in [2.45, 2.75) is 24.3 Å². The Morgan fingerprint density at radius 1 is 1.33 bits per heavy atom. The molecule has 1 aromatic carbocycles. The molecule has 0 aliphatic carbocycles. The van der Waals surface area contributed by atoms with Crippen molar-refractivity contribution in [3.05, 3.63) is 29.8 Å². The van der Waals surface area contributed by atoms with Crippen LogP contribution in [0.4, 0.5) is 5.69 Å². The number of guanidine groups is 1. The van der Waals surface area contributed by atoms with E-state index in [1.807, 2.05) is 37.0 Å². The molecular formula is C21H32IN5O2S. The number of carbonyl (C=O) groups is 1. The smallest absolute Gasteiger partial charge is 0.225 e. The molecule has 9 heteroatoms. The van der Waals surface area contributed by atoms with Crippen LogP contribution in [0.5, 0.6) is 0 Å². The number of para-hydroxylation sites is 1. The Kier molecular flexibility index (Phi) is 8.67. The number of ether oxygens (including phenoxy) is 1. The minimum Gasteiger partial charge on any atom is -0.379 e. The van der Waals surface area contributed by atoms with Crippen LogP contribution in [0.3, 0.4) is 0 Å². The van der Waals surface area contributed by atoms with Gasteiger partial charge in [-0.25, -0.2) is 0 Å². The average molecular weight is 545 g/mol. The number of amides is 1. The summed E-state index contributed by atoms with van der Waals surface area (Å²) in [6, 6.07) is 8.05. The molecule has 7 nitrogen and oxygen atoms in total. The summed E-state index contributed by atoms with van der Waals surface area (Å²) in [6.07, 6.45) is 1.69. The third kappa shape index (κ3) is 5.41. The quantitative estimate of drug-likeness (QED) is 0.299. The molecule has 0 radical (unpaired) electrons. The molecule has 1 aromatic rings. The van der Waals surface area contributed by atoms with Gasteiger partial charge in [-0.2, -0.15) is 11.8 Å². The Balaban J connectivity index is 0.00000256. The molecule has 0 saturated carbocycles. The topological polar surface area (TPSA) is 78.0 Å². The molecule has 3 heterocycles. The summed E-state index contributed by atoms with van der Waals surface area (Å²) in [5.74, 6) is 3.38. The van der Waals surface area contributed by atoms with E-state index >= 15 is 0 Å². The predicted octanol–water partition coefficient (Wildman–Crippen LogP) is 2.10. The van der Waals surface area contributed by atoms with Crippen molar-refractivity contribution >= 4 is 53.3 Å². The van der Waals surface area contributed by atoms with Crippen molar-refractivity contribution in [3.8, 4) is 0 Å². The fraction of sp³-hybridized carbons (Fsp3) is 0.619. The molecule has 166 valence electrons. The van der Waals surface area contributed by atoms with E-state index in [0.29, 0.717) is 13.0 Å². The summed E-state index contributed by atoms with van der Waals surface area (Å²) in [4.78, 5) is 19.1. The zero-order valence-corrected chi connectivity index (χ0v) is 20.6. The van der Waals surface area contributed by atoms with Crippen LogP contribution in [0.15, 0.2) is 29.3 Å². The number of hydrogen-bond acceptors (Lipinski definition) is 5. The number of nitrogens with one attached hydrogen (secondary N) is 3. The number of morpholine rings is 1. The minimum atomic E-state index is 0. The molecule has 0 bridgehead atoms. The van der Waals surface area contributed by atoms with E-state index in [-0.39, 0.29) is 41.3 Å². The van der Waals surface area contributed by atoms with Crippen LogP contribution in [-0.4, -0.2) is 80.3 Å². The van der Waals surface area contributed by atoms with E-state index in [0.717, 1.165) is 50.2 Å². The van der Waals surface area contributed by atoms with E-state index in [2.05, 4.69) is 31.9 Å². The van der Waals surface area contributed by atoms with Gasteiger partial charge in [0.1, 0.15) is 0 Å². The lowest BCUT2D eigenvalue weighted by atomic mass is 9.90.